The summed E-state index contributed by atoms with van der Waals surface area (Å²) in [5, 5.41) is 12.6. The fraction of sp³-hybridized carbons (Fsp3) is 0.577. The van der Waals surface area contributed by atoms with Crippen molar-refractivity contribution < 1.29 is 13.2 Å². The van der Waals surface area contributed by atoms with Crippen LogP contribution >= 0.6 is 0 Å². The minimum Gasteiger partial charge on any atom is -0.342 e. The molecule has 6 nitrogen and oxygen atoms in total. The highest BCUT2D eigenvalue weighted by molar-refractivity contribution is 7.90. The van der Waals surface area contributed by atoms with Crippen molar-refractivity contribution in [1.82, 2.24) is 5.32 Å². The maximum Gasteiger partial charge on any atom is 0.175 e. The molecule has 1 aromatic carbocycles. The molecule has 0 aromatic heterocycles. The number of hydrogen-bond donors (Lipinski definition) is 1. The molecule has 1 aromatic rings. The lowest BCUT2D eigenvalue weighted by atomic mass is 9.59. The van der Waals surface area contributed by atoms with E-state index in [0.717, 1.165) is 40.8 Å². The van der Waals surface area contributed by atoms with Crippen LogP contribution in [0, 0.1) is 17.8 Å². The number of carbonyl (C=O) groups is 1. The Morgan fingerprint density at radius 3 is 2.42 bits per heavy atom. The van der Waals surface area contributed by atoms with Gasteiger partial charge in [0.05, 0.1) is 10.9 Å². The maximum atomic E-state index is 13.7. The van der Waals surface area contributed by atoms with Crippen molar-refractivity contribution in [3.63, 3.8) is 0 Å². The van der Waals surface area contributed by atoms with Crippen LogP contribution in [0.5, 0.6) is 0 Å². The normalized spacial score (nSPS) is 26.9. The smallest absolute Gasteiger partial charge is 0.175 e. The van der Waals surface area contributed by atoms with Crippen LogP contribution in [0.25, 0.3) is 0 Å². The van der Waals surface area contributed by atoms with Crippen LogP contribution in [0.4, 0.5) is 0 Å². The third-order valence-electron chi connectivity index (χ3n) is 7.05. The molecule has 0 amide bonds. The second-order valence-corrected chi connectivity index (χ2v) is 14.1. The van der Waals surface area contributed by atoms with Gasteiger partial charge in [0.25, 0.3) is 0 Å². The molecule has 0 saturated carbocycles. The van der Waals surface area contributed by atoms with Crippen LogP contribution in [-0.4, -0.2) is 26.5 Å². The summed E-state index contributed by atoms with van der Waals surface area (Å²) in [5.74, 6) is 0.813. The van der Waals surface area contributed by atoms with Gasteiger partial charge in [-0.1, -0.05) is 40.7 Å². The van der Waals surface area contributed by atoms with Gasteiger partial charge in [-0.05, 0) is 60.8 Å². The molecule has 0 spiro atoms. The number of benzene rings is 1. The number of azo groups is 1. The number of rotatable bonds is 3. The lowest BCUT2D eigenvalue weighted by Crippen LogP contribution is -2.47. The molecule has 0 fully saturated rings. The molecule has 0 radical (unpaired) electrons. The zero-order chi connectivity index (χ0) is 24.6. The van der Waals surface area contributed by atoms with Gasteiger partial charge < -0.3 is 5.32 Å². The standard InChI is InChI=1S/C26H35N3O3S/c1-15-9-10-16(33(8,31)32)11-17(15)26(7)21-18(13-25(5,6)14-20(21)30)27-23-22(26)19(28-29-23)12-24(2,3)4/h9-11,19,27H,12-14H2,1-8H3/t19?,26-/m1/s1. The number of nitrogens with zero attached hydrogens (tertiary/aromatic N) is 2. The Labute approximate surface area is 197 Å². The molecule has 0 saturated heterocycles. The van der Waals surface area contributed by atoms with Gasteiger partial charge in [0.2, 0.25) is 0 Å². The third kappa shape index (κ3) is 4.09. The van der Waals surface area contributed by atoms with E-state index < -0.39 is 15.3 Å². The summed E-state index contributed by atoms with van der Waals surface area (Å²) in [5.41, 5.74) is 3.41. The second kappa shape index (κ2) is 7.36. The summed E-state index contributed by atoms with van der Waals surface area (Å²) in [6.07, 6.45) is 3.18. The number of hydrogen-bond acceptors (Lipinski definition) is 6. The minimum atomic E-state index is -3.41. The van der Waals surface area contributed by atoms with Gasteiger partial charge in [0.1, 0.15) is 0 Å². The number of carbonyl (C=O) groups excluding carboxylic acids is 1. The second-order valence-electron chi connectivity index (χ2n) is 12.1. The predicted molar refractivity (Wildman–Crippen MR) is 130 cm³/mol. The molecule has 33 heavy (non-hydrogen) atoms. The molecule has 1 unspecified atom stereocenters. The average Bonchev–Trinajstić information content (AvgIpc) is 3.00. The summed E-state index contributed by atoms with van der Waals surface area (Å²) in [7, 11) is -3.41. The van der Waals surface area contributed by atoms with Crippen LogP contribution in [0.15, 0.2) is 56.0 Å². The molecule has 1 aliphatic carbocycles. The van der Waals surface area contributed by atoms with Crippen molar-refractivity contribution in [3.05, 3.63) is 52.0 Å². The predicted octanol–water partition coefficient (Wildman–Crippen LogP) is 5.38. The van der Waals surface area contributed by atoms with Gasteiger partial charge >= 0.3 is 0 Å². The molecule has 0 bridgehead atoms. The SMILES string of the molecule is Cc1ccc(S(C)(=O)=O)cc1[C@]1(C)C2=C(CC(C)(C)CC2=O)NC2=C1C(CC(C)(C)C)N=N2. The van der Waals surface area contributed by atoms with Gasteiger partial charge in [-0.2, -0.15) is 5.11 Å². The van der Waals surface area contributed by atoms with E-state index in [-0.39, 0.29) is 27.6 Å². The van der Waals surface area contributed by atoms with E-state index in [1.54, 1.807) is 12.1 Å². The lowest BCUT2D eigenvalue weighted by molar-refractivity contribution is -0.118. The topological polar surface area (TPSA) is 88.0 Å². The highest BCUT2D eigenvalue weighted by atomic mass is 32.2. The number of allylic oxidation sites excluding steroid dienone is 2. The van der Waals surface area contributed by atoms with E-state index in [2.05, 4.69) is 57.1 Å². The summed E-state index contributed by atoms with van der Waals surface area (Å²) < 4.78 is 24.9. The lowest BCUT2D eigenvalue weighted by Gasteiger charge is -2.46. The van der Waals surface area contributed by atoms with Crippen molar-refractivity contribution in [2.75, 3.05) is 6.26 Å². The largest absolute Gasteiger partial charge is 0.342 e. The Morgan fingerprint density at radius 2 is 1.82 bits per heavy atom. The first-order chi connectivity index (χ1) is 15.0. The fourth-order valence-corrected chi connectivity index (χ4v) is 6.37. The zero-order valence-electron chi connectivity index (χ0n) is 21.0. The van der Waals surface area contributed by atoms with E-state index in [1.807, 2.05) is 13.0 Å². The Bertz CT molecular complexity index is 1250. The van der Waals surface area contributed by atoms with Crippen LogP contribution < -0.4 is 5.32 Å². The maximum absolute atomic E-state index is 13.7. The first-order valence-electron chi connectivity index (χ1n) is 11.5. The zero-order valence-corrected chi connectivity index (χ0v) is 21.8. The monoisotopic (exact) mass is 469 g/mol. The highest BCUT2D eigenvalue weighted by Gasteiger charge is 2.53. The van der Waals surface area contributed by atoms with Crippen LogP contribution in [0.3, 0.4) is 0 Å². The van der Waals surface area contributed by atoms with Crippen molar-refractivity contribution >= 4 is 15.6 Å². The van der Waals surface area contributed by atoms with Gasteiger partial charge in [-0.3, -0.25) is 4.79 Å². The molecular weight excluding hydrogens is 434 g/mol. The third-order valence-corrected chi connectivity index (χ3v) is 8.16. The molecule has 4 rings (SSSR count). The average molecular weight is 470 g/mol. The van der Waals surface area contributed by atoms with E-state index in [0.29, 0.717) is 12.2 Å². The van der Waals surface area contributed by atoms with Crippen molar-refractivity contribution in [3.8, 4) is 0 Å². The number of nitrogens with one attached hydrogen (secondary N) is 1. The summed E-state index contributed by atoms with van der Waals surface area (Å²) in [6.45, 7) is 14.8. The fourth-order valence-electron chi connectivity index (χ4n) is 5.72. The Hall–Kier alpha value is -2.28. The van der Waals surface area contributed by atoms with E-state index in [1.165, 1.54) is 6.26 Å². The molecule has 7 heteroatoms. The first kappa shape index (κ1) is 23.9. The molecule has 2 heterocycles. The molecule has 1 N–H and O–H groups in total. The van der Waals surface area contributed by atoms with Crippen LogP contribution in [0.1, 0.15) is 71.9 Å². The molecule has 178 valence electrons. The quantitative estimate of drug-likeness (QED) is 0.643. The Balaban J connectivity index is 2.01. The van der Waals surface area contributed by atoms with Crippen LogP contribution in [0.2, 0.25) is 0 Å². The summed E-state index contributed by atoms with van der Waals surface area (Å²) >= 11 is 0. The Morgan fingerprint density at radius 1 is 1.15 bits per heavy atom. The molecule has 3 aliphatic rings. The van der Waals surface area contributed by atoms with E-state index in [9.17, 15) is 13.2 Å². The molecule has 2 aliphatic heterocycles. The van der Waals surface area contributed by atoms with Crippen molar-refractivity contribution in [2.24, 2.45) is 21.1 Å². The van der Waals surface area contributed by atoms with Crippen molar-refractivity contribution in [2.45, 2.75) is 84.1 Å². The van der Waals surface area contributed by atoms with Gasteiger partial charge in [-0.25, -0.2) is 8.42 Å². The van der Waals surface area contributed by atoms with Gasteiger partial charge in [0, 0.05) is 34.9 Å². The number of dihydropyridines is 1. The summed E-state index contributed by atoms with van der Waals surface area (Å²) in [4.78, 5) is 14.0. The van der Waals surface area contributed by atoms with Crippen LogP contribution in [-0.2, 0) is 20.0 Å². The minimum absolute atomic E-state index is 0.00389. The summed E-state index contributed by atoms with van der Waals surface area (Å²) in [6, 6.07) is 5.06. The number of ketones is 1. The molecule has 2 atom stereocenters. The van der Waals surface area contributed by atoms with E-state index in [4.69, 9.17) is 0 Å². The number of aryl methyl sites for hydroxylation is 1. The number of sulfone groups is 1. The van der Waals surface area contributed by atoms with E-state index >= 15 is 0 Å². The van der Waals surface area contributed by atoms with Gasteiger partial charge in [0.15, 0.2) is 21.4 Å². The Kier molecular flexibility index (Phi) is 5.32. The molecular formula is C26H35N3O3S. The highest BCUT2D eigenvalue weighted by Crippen LogP contribution is 2.54. The van der Waals surface area contributed by atoms with Gasteiger partial charge in [-0.15, -0.1) is 5.11 Å². The number of Topliss-reactive ketones (excluding diaryl/α,β-unsaturated/α-hetero) is 1. The first-order valence-corrected chi connectivity index (χ1v) is 13.4. The van der Waals surface area contributed by atoms with Crippen molar-refractivity contribution in [1.29, 1.82) is 0 Å².